The van der Waals surface area contributed by atoms with Gasteiger partial charge in [-0.25, -0.2) is 4.98 Å². The summed E-state index contributed by atoms with van der Waals surface area (Å²) in [4.78, 5) is 7.24. The minimum Gasteiger partial charge on any atom is -0.353 e. The van der Waals surface area contributed by atoms with Crippen LogP contribution in [0.5, 0.6) is 0 Å². The molecule has 1 aromatic rings. The molecule has 4 heteroatoms. The molecule has 112 valence electrons. The van der Waals surface area contributed by atoms with Crippen molar-refractivity contribution in [3.05, 3.63) is 22.3 Å². The highest BCUT2D eigenvalue weighted by atomic mass is 79.9. The molecule has 1 fully saturated rings. The summed E-state index contributed by atoms with van der Waals surface area (Å²) in [5.41, 5.74) is 1.32. The molecule has 0 amide bonds. The lowest BCUT2D eigenvalue weighted by Gasteiger charge is -2.26. The monoisotopic (exact) mass is 339 g/mol. The van der Waals surface area contributed by atoms with E-state index in [0.29, 0.717) is 0 Å². The Kier molecular flexibility index (Phi) is 6.30. The molecular weight excluding hydrogens is 314 g/mol. The number of hydrogen-bond donors (Lipinski definition) is 1. The van der Waals surface area contributed by atoms with Gasteiger partial charge in [-0.05, 0) is 54.2 Å². The van der Waals surface area contributed by atoms with Crippen molar-refractivity contribution in [2.75, 3.05) is 18.0 Å². The van der Waals surface area contributed by atoms with Gasteiger partial charge in [0.05, 0.1) is 0 Å². The van der Waals surface area contributed by atoms with Crippen LogP contribution in [0.1, 0.15) is 51.5 Å². The van der Waals surface area contributed by atoms with E-state index < -0.39 is 0 Å². The molecule has 0 aliphatic heterocycles. The molecule has 0 unspecified atom stereocenters. The largest absolute Gasteiger partial charge is 0.353 e. The maximum atomic E-state index is 4.71. The summed E-state index contributed by atoms with van der Waals surface area (Å²) < 4.78 is 1.07. The Balaban J connectivity index is 2.14. The highest BCUT2D eigenvalue weighted by Gasteiger charge is 2.30. The summed E-state index contributed by atoms with van der Waals surface area (Å²) in [5.74, 6) is 1.19. The van der Waals surface area contributed by atoms with Crippen molar-refractivity contribution in [2.24, 2.45) is 0 Å². The fourth-order valence-electron chi connectivity index (χ4n) is 2.44. The van der Waals surface area contributed by atoms with Crippen LogP contribution in [-0.4, -0.2) is 24.1 Å². The van der Waals surface area contributed by atoms with Crippen LogP contribution in [0, 0.1) is 0 Å². The van der Waals surface area contributed by atoms with Crippen molar-refractivity contribution in [1.29, 1.82) is 0 Å². The van der Waals surface area contributed by atoms with Gasteiger partial charge in [-0.2, -0.15) is 0 Å². The molecule has 1 aliphatic carbocycles. The van der Waals surface area contributed by atoms with E-state index in [2.05, 4.69) is 46.1 Å². The van der Waals surface area contributed by atoms with Crippen molar-refractivity contribution in [3.63, 3.8) is 0 Å². The standard InChI is InChI=1S/C16H26BrN3/c1-3-5-9-20(15-6-7-15)16-13(11-18-8-4-2)10-14(17)12-19-16/h10,12,15,18H,3-9,11H2,1-2H3. The second-order valence-electron chi connectivity index (χ2n) is 5.59. The average Bonchev–Trinajstić information content (AvgIpc) is 3.26. The molecule has 1 saturated carbocycles. The summed E-state index contributed by atoms with van der Waals surface area (Å²) in [5, 5.41) is 3.50. The van der Waals surface area contributed by atoms with E-state index in [4.69, 9.17) is 4.98 Å². The van der Waals surface area contributed by atoms with Crippen molar-refractivity contribution in [1.82, 2.24) is 10.3 Å². The number of aromatic nitrogens is 1. The van der Waals surface area contributed by atoms with Gasteiger partial charge in [0.15, 0.2) is 0 Å². The summed E-state index contributed by atoms with van der Waals surface area (Å²) in [6.45, 7) is 7.56. The fraction of sp³-hybridized carbons (Fsp3) is 0.688. The highest BCUT2D eigenvalue weighted by Crippen LogP contribution is 2.33. The number of nitrogens with zero attached hydrogens (tertiary/aromatic N) is 2. The number of hydrogen-bond acceptors (Lipinski definition) is 3. The van der Waals surface area contributed by atoms with Crippen LogP contribution in [0.15, 0.2) is 16.7 Å². The Morgan fingerprint density at radius 1 is 1.35 bits per heavy atom. The molecule has 3 nitrogen and oxygen atoms in total. The third-order valence-electron chi connectivity index (χ3n) is 3.66. The molecule has 2 rings (SSSR count). The third kappa shape index (κ3) is 4.45. The summed E-state index contributed by atoms with van der Waals surface area (Å²) in [7, 11) is 0. The predicted molar refractivity (Wildman–Crippen MR) is 89.2 cm³/mol. The molecule has 1 aromatic heterocycles. The normalized spacial score (nSPS) is 14.6. The van der Waals surface area contributed by atoms with Crippen molar-refractivity contribution < 1.29 is 0 Å². The zero-order valence-electron chi connectivity index (χ0n) is 12.7. The first kappa shape index (κ1) is 15.8. The van der Waals surface area contributed by atoms with Gasteiger partial charge in [0, 0.05) is 35.4 Å². The predicted octanol–water partition coefficient (Wildman–Crippen LogP) is 4.11. The Labute approximate surface area is 131 Å². The van der Waals surface area contributed by atoms with Crippen LogP contribution in [0.2, 0.25) is 0 Å². The molecule has 0 spiro atoms. The maximum absolute atomic E-state index is 4.71. The first-order valence-electron chi connectivity index (χ1n) is 7.88. The maximum Gasteiger partial charge on any atom is 0.133 e. The molecule has 0 bridgehead atoms. The number of anilines is 1. The lowest BCUT2D eigenvalue weighted by Crippen LogP contribution is -2.29. The van der Waals surface area contributed by atoms with Crippen LogP contribution < -0.4 is 10.2 Å². The van der Waals surface area contributed by atoms with Gasteiger partial charge in [-0.15, -0.1) is 0 Å². The zero-order valence-corrected chi connectivity index (χ0v) is 14.2. The number of unbranched alkanes of at least 4 members (excludes halogenated alkanes) is 1. The van der Waals surface area contributed by atoms with Gasteiger partial charge in [0.1, 0.15) is 5.82 Å². The molecule has 0 radical (unpaired) electrons. The zero-order chi connectivity index (χ0) is 14.4. The van der Waals surface area contributed by atoms with Crippen molar-refractivity contribution >= 4 is 21.7 Å². The van der Waals surface area contributed by atoms with Gasteiger partial charge in [0.25, 0.3) is 0 Å². The first-order valence-corrected chi connectivity index (χ1v) is 8.67. The second kappa shape index (κ2) is 7.99. The topological polar surface area (TPSA) is 28.2 Å². The molecular formula is C16H26BrN3. The Morgan fingerprint density at radius 2 is 2.15 bits per heavy atom. The highest BCUT2D eigenvalue weighted by molar-refractivity contribution is 9.10. The second-order valence-corrected chi connectivity index (χ2v) is 6.51. The van der Waals surface area contributed by atoms with E-state index in [0.717, 1.165) is 30.1 Å². The lowest BCUT2D eigenvalue weighted by molar-refractivity contribution is 0.660. The van der Waals surface area contributed by atoms with E-state index >= 15 is 0 Å². The van der Waals surface area contributed by atoms with Gasteiger partial charge >= 0.3 is 0 Å². The summed E-state index contributed by atoms with van der Waals surface area (Å²) in [6.07, 6.45) is 8.23. The lowest BCUT2D eigenvalue weighted by atomic mass is 10.2. The number of rotatable bonds is 9. The van der Waals surface area contributed by atoms with Crippen molar-refractivity contribution in [2.45, 2.75) is 58.5 Å². The van der Waals surface area contributed by atoms with Gasteiger partial charge in [-0.3, -0.25) is 0 Å². The Bertz CT molecular complexity index is 418. The van der Waals surface area contributed by atoms with E-state index in [1.54, 1.807) is 0 Å². The molecule has 0 saturated heterocycles. The number of nitrogens with one attached hydrogen (secondary N) is 1. The van der Waals surface area contributed by atoms with Gasteiger partial charge in [0.2, 0.25) is 0 Å². The van der Waals surface area contributed by atoms with Crippen LogP contribution >= 0.6 is 15.9 Å². The summed E-state index contributed by atoms with van der Waals surface area (Å²) in [6, 6.07) is 2.94. The average molecular weight is 340 g/mol. The van der Waals surface area contributed by atoms with Gasteiger partial charge in [-0.1, -0.05) is 20.3 Å². The minimum atomic E-state index is 0.722. The van der Waals surface area contributed by atoms with E-state index in [1.165, 1.54) is 43.5 Å². The van der Waals surface area contributed by atoms with Crippen LogP contribution in [0.3, 0.4) is 0 Å². The van der Waals surface area contributed by atoms with Crippen LogP contribution in [0.25, 0.3) is 0 Å². The number of halogens is 1. The van der Waals surface area contributed by atoms with E-state index in [9.17, 15) is 0 Å². The van der Waals surface area contributed by atoms with Crippen molar-refractivity contribution in [3.8, 4) is 0 Å². The molecule has 1 N–H and O–H groups in total. The Hall–Kier alpha value is -0.610. The SMILES string of the molecule is CCCCN(c1ncc(Br)cc1CNCCC)C1CC1. The smallest absolute Gasteiger partial charge is 0.133 e. The molecule has 0 atom stereocenters. The van der Waals surface area contributed by atoms with Gasteiger partial charge < -0.3 is 10.2 Å². The summed E-state index contributed by atoms with van der Waals surface area (Å²) >= 11 is 3.55. The molecule has 1 aliphatic rings. The fourth-order valence-corrected chi connectivity index (χ4v) is 2.82. The van der Waals surface area contributed by atoms with Crippen LogP contribution in [-0.2, 0) is 6.54 Å². The van der Waals surface area contributed by atoms with E-state index in [-0.39, 0.29) is 0 Å². The minimum absolute atomic E-state index is 0.722. The molecule has 0 aromatic carbocycles. The molecule has 20 heavy (non-hydrogen) atoms. The number of pyridine rings is 1. The third-order valence-corrected chi connectivity index (χ3v) is 4.10. The quantitative estimate of drug-likeness (QED) is 0.686. The molecule has 1 heterocycles. The van der Waals surface area contributed by atoms with E-state index in [1.807, 2.05) is 6.20 Å². The van der Waals surface area contributed by atoms with Crippen LogP contribution in [0.4, 0.5) is 5.82 Å². The Morgan fingerprint density at radius 3 is 2.80 bits per heavy atom. The first-order chi connectivity index (χ1) is 9.76.